The van der Waals surface area contributed by atoms with Gasteiger partial charge in [-0.05, 0) is 52.7 Å². The summed E-state index contributed by atoms with van der Waals surface area (Å²) < 4.78 is 3.10. The van der Waals surface area contributed by atoms with Crippen LogP contribution in [0.4, 0.5) is 5.69 Å². The van der Waals surface area contributed by atoms with Crippen LogP contribution in [0.1, 0.15) is 11.3 Å². The van der Waals surface area contributed by atoms with Gasteiger partial charge in [0.2, 0.25) is 0 Å². The minimum atomic E-state index is 0.768. The van der Waals surface area contributed by atoms with Crippen LogP contribution in [-0.4, -0.2) is 9.38 Å². The van der Waals surface area contributed by atoms with Crippen molar-refractivity contribution in [1.29, 1.82) is 0 Å². The maximum Gasteiger partial charge on any atom is 0.137 e. The monoisotopic (exact) mass is 347 g/mol. The molecule has 0 fully saturated rings. The Bertz CT molecular complexity index is 767. The molecule has 20 heavy (non-hydrogen) atoms. The average Bonchev–Trinajstić information content (AvgIpc) is 2.79. The molecular weight excluding hydrogens is 334 g/mol. The van der Waals surface area contributed by atoms with Crippen LogP contribution in [0.2, 0.25) is 0 Å². The van der Waals surface area contributed by atoms with Crippen molar-refractivity contribution < 1.29 is 0 Å². The zero-order valence-electron chi connectivity index (χ0n) is 11.0. The molecule has 0 aliphatic carbocycles. The smallest absolute Gasteiger partial charge is 0.137 e. The first-order valence-corrected chi connectivity index (χ1v) is 8.02. The molecule has 0 unspecified atom stereocenters. The molecule has 102 valence electrons. The number of imidazole rings is 1. The van der Waals surface area contributed by atoms with Gasteiger partial charge in [-0.2, -0.15) is 0 Å². The number of aromatic nitrogens is 2. The normalized spacial score (nSPS) is 11.1. The number of nitrogen functional groups attached to an aromatic ring is 1. The highest BCUT2D eigenvalue weighted by Gasteiger charge is 2.05. The standard InChI is InChI=1S/C15H14BrN3S/c1-10-2-5-15-18-12(8-19(15)7-10)9-20-14-4-3-11(17)6-13(14)16/h2-8H,9,17H2,1H3. The third kappa shape index (κ3) is 2.83. The maximum atomic E-state index is 5.74. The van der Waals surface area contributed by atoms with E-state index in [1.807, 2.05) is 24.3 Å². The number of hydrogen-bond acceptors (Lipinski definition) is 3. The van der Waals surface area contributed by atoms with Gasteiger partial charge in [-0.3, -0.25) is 0 Å². The van der Waals surface area contributed by atoms with E-state index in [1.165, 1.54) is 10.5 Å². The Labute approximate surface area is 130 Å². The van der Waals surface area contributed by atoms with Crippen LogP contribution in [0.5, 0.6) is 0 Å². The number of aryl methyl sites for hydroxylation is 1. The lowest BCUT2D eigenvalue weighted by Gasteiger charge is -2.03. The second kappa shape index (κ2) is 5.50. The second-order valence-electron chi connectivity index (χ2n) is 4.68. The van der Waals surface area contributed by atoms with Gasteiger partial charge >= 0.3 is 0 Å². The van der Waals surface area contributed by atoms with E-state index in [0.717, 1.165) is 27.3 Å². The molecule has 0 aliphatic rings. The average molecular weight is 348 g/mol. The molecule has 0 atom stereocenters. The zero-order chi connectivity index (χ0) is 14.1. The second-order valence-corrected chi connectivity index (χ2v) is 6.55. The van der Waals surface area contributed by atoms with Crippen molar-refractivity contribution in [3.8, 4) is 0 Å². The Morgan fingerprint density at radius 3 is 2.90 bits per heavy atom. The summed E-state index contributed by atoms with van der Waals surface area (Å²) in [5.41, 5.74) is 9.81. The molecule has 0 saturated carbocycles. The largest absolute Gasteiger partial charge is 0.399 e. The summed E-state index contributed by atoms with van der Waals surface area (Å²) in [5.74, 6) is 0.837. The third-order valence-electron chi connectivity index (χ3n) is 2.98. The Morgan fingerprint density at radius 2 is 2.10 bits per heavy atom. The van der Waals surface area contributed by atoms with Gasteiger partial charge in [0.15, 0.2) is 0 Å². The molecular formula is C15H14BrN3S. The highest BCUT2D eigenvalue weighted by Crippen LogP contribution is 2.31. The quantitative estimate of drug-likeness (QED) is 0.568. The highest BCUT2D eigenvalue weighted by molar-refractivity contribution is 9.10. The minimum absolute atomic E-state index is 0.768. The summed E-state index contributed by atoms with van der Waals surface area (Å²) in [6, 6.07) is 10.00. The number of rotatable bonds is 3. The molecule has 3 rings (SSSR count). The van der Waals surface area contributed by atoms with E-state index in [4.69, 9.17) is 5.73 Å². The summed E-state index contributed by atoms with van der Waals surface area (Å²) in [6.07, 6.45) is 4.18. The fourth-order valence-corrected chi connectivity index (χ4v) is 3.55. The Kier molecular flexibility index (Phi) is 3.72. The molecule has 0 amide bonds. The van der Waals surface area contributed by atoms with Crippen molar-refractivity contribution in [2.45, 2.75) is 17.6 Å². The number of fused-ring (bicyclic) bond motifs is 1. The number of hydrogen-bond donors (Lipinski definition) is 1. The predicted octanol–water partition coefficient (Wildman–Crippen LogP) is 4.28. The molecule has 2 heterocycles. The van der Waals surface area contributed by atoms with Crippen LogP contribution in [0.3, 0.4) is 0 Å². The lowest BCUT2D eigenvalue weighted by Crippen LogP contribution is -1.86. The molecule has 0 radical (unpaired) electrons. The first kappa shape index (κ1) is 13.5. The van der Waals surface area contributed by atoms with Gasteiger partial charge in [0, 0.05) is 33.2 Å². The Morgan fingerprint density at radius 1 is 1.25 bits per heavy atom. The van der Waals surface area contributed by atoms with E-state index in [2.05, 4.69) is 50.7 Å². The molecule has 5 heteroatoms. The molecule has 0 bridgehead atoms. The van der Waals surface area contributed by atoms with Gasteiger partial charge in [-0.25, -0.2) is 4.98 Å². The van der Waals surface area contributed by atoms with Gasteiger partial charge in [0.05, 0.1) is 5.69 Å². The number of nitrogens with two attached hydrogens (primary N) is 1. The summed E-state index contributed by atoms with van der Waals surface area (Å²) in [4.78, 5) is 5.79. The summed E-state index contributed by atoms with van der Waals surface area (Å²) >= 11 is 5.29. The van der Waals surface area contributed by atoms with Crippen molar-refractivity contribution in [3.63, 3.8) is 0 Å². The summed E-state index contributed by atoms with van der Waals surface area (Å²) in [6.45, 7) is 2.08. The lowest BCUT2D eigenvalue weighted by atomic mass is 10.3. The van der Waals surface area contributed by atoms with Gasteiger partial charge in [-0.15, -0.1) is 11.8 Å². The highest BCUT2D eigenvalue weighted by atomic mass is 79.9. The van der Waals surface area contributed by atoms with Crippen LogP contribution < -0.4 is 5.73 Å². The number of anilines is 1. The summed E-state index contributed by atoms with van der Waals surface area (Å²) in [5, 5.41) is 0. The number of thioether (sulfide) groups is 1. The molecule has 0 spiro atoms. The Hall–Kier alpha value is -1.46. The first-order valence-electron chi connectivity index (χ1n) is 6.24. The van der Waals surface area contributed by atoms with Crippen LogP contribution in [0.25, 0.3) is 5.65 Å². The number of nitrogens with zero attached hydrogens (tertiary/aromatic N) is 2. The number of benzene rings is 1. The third-order valence-corrected chi connectivity index (χ3v) is 5.01. The summed E-state index contributed by atoms with van der Waals surface area (Å²) in [7, 11) is 0. The minimum Gasteiger partial charge on any atom is -0.399 e. The van der Waals surface area contributed by atoms with Crippen molar-refractivity contribution >= 4 is 39.0 Å². The van der Waals surface area contributed by atoms with Gasteiger partial charge in [-0.1, -0.05) is 6.07 Å². The van der Waals surface area contributed by atoms with Crippen molar-refractivity contribution in [2.75, 3.05) is 5.73 Å². The van der Waals surface area contributed by atoms with Crippen LogP contribution in [0.15, 0.2) is 52.1 Å². The van der Waals surface area contributed by atoms with Crippen molar-refractivity contribution in [3.05, 3.63) is 58.5 Å². The topological polar surface area (TPSA) is 43.3 Å². The zero-order valence-corrected chi connectivity index (χ0v) is 13.4. The van der Waals surface area contributed by atoms with Crippen LogP contribution >= 0.6 is 27.7 Å². The van der Waals surface area contributed by atoms with Crippen molar-refractivity contribution in [2.24, 2.45) is 0 Å². The van der Waals surface area contributed by atoms with Crippen LogP contribution in [0, 0.1) is 6.92 Å². The van der Waals surface area contributed by atoms with E-state index in [-0.39, 0.29) is 0 Å². The Balaban J connectivity index is 1.79. The van der Waals surface area contributed by atoms with E-state index in [9.17, 15) is 0 Å². The molecule has 2 N–H and O–H groups in total. The lowest BCUT2D eigenvalue weighted by molar-refractivity contribution is 1.15. The molecule has 2 aromatic heterocycles. The van der Waals surface area contributed by atoms with E-state index >= 15 is 0 Å². The molecule has 0 aliphatic heterocycles. The van der Waals surface area contributed by atoms with Gasteiger partial charge in [0.1, 0.15) is 5.65 Å². The fourth-order valence-electron chi connectivity index (χ4n) is 2.01. The maximum absolute atomic E-state index is 5.74. The number of pyridine rings is 1. The molecule has 3 aromatic rings. The molecule has 0 saturated heterocycles. The SMILES string of the molecule is Cc1ccc2nc(CSc3ccc(N)cc3Br)cn2c1. The number of halogens is 1. The van der Waals surface area contributed by atoms with E-state index in [1.54, 1.807) is 11.8 Å². The van der Waals surface area contributed by atoms with Gasteiger partial charge in [0.25, 0.3) is 0 Å². The van der Waals surface area contributed by atoms with Gasteiger partial charge < -0.3 is 10.1 Å². The van der Waals surface area contributed by atoms with Crippen molar-refractivity contribution in [1.82, 2.24) is 9.38 Å². The van der Waals surface area contributed by atoms with E-state index in [0.29, 0.717) is 0 Å². The molecule has 3 nitrogen and oxygen atoms in total. The van der Waals surface area contributed by atoms with E-state index < -0.39 is 0 Å². The predicted molar refractivity (Wildman–Crippen MR) is 88.0 cm³/mol. The van der Waals surface area contributed by atoms with Crippen LogP contribution in [-0.2, 0) is 5.75 Å². The fraction of sp³-hybridized carbons (Fsp3) is 0.133. The molecule has 1 aromatic carbocycles. The first-order chi connectivity index (χ1) is 9.61.